The summed E-state index contributed by atoms with van der Waals surface area (Å²) < 4.78 is 0. The lowest BCUT2D eigenvalue weighted by molar-refractivity contribution is 0.0798. The molecule has 1 aliphatic rings. The largest absolute Gasteiger partial charge is 0.393 e. The number of piperidine rings is 1. The van der Waals surface area contributed by atoms with Gasteiger partial charge in [0.1, 0.15) is 0 Å². The average Bonchev–Trinajstić information content (AvgIpc) is 2.38. The van der Waals surface area contributed by atoms with E-state index in [1.165, 1.54) is 19.3 Å². The van der Waals surface area contributed by atoms with E-state index >= 15 is 0 Å². The summed E-state index contributed by atoms with van der Waals surface area (Å²) in [5.74, 6) is 0.360. The van der Waals surface area contributed by atoms with Gasteiger partial charge in [-0.2, -0.15) is 0 Å². The number of carbonyl (C=O) groups excluding carboxylic acids is 1. The lowest BCUT2D eigenvalue weighted by Crippen LogP contribution is -2.45. The van der Waals surface area contributed by atoms with Gasteiger partial charge in [-0.25, -0.2) is 4.79 Å². The molecule has 1 rings (SSSR count). The molecule has 106 valence electrons. The lowest BCUT2D eigenvalue weighted by atomic mass is 9.92. The van der Waals surface area contributed by atoms with Crippen LogP contribution in [0.5, 0.6) is 0 Å². The molecule has 1 saturated heterocycles. The Morgan fingerprint density at radius 2 is 2.00 bits per heavy atom. The molecule has 4 nitrogen and oxygen atoms in total. The van der Waals surface area contributed by atoms with E-state index in [1.807, 2.05) is 11.8 Å². The minimum absolute atomic E-state index is 0.0653. The topological polar surface area (TPSA) is 52.6 Å². The van der Waals surface area contributed by atoms with Gasteiger partial charge in [0.2, 0.25) is 0 Å². The first-order valence-corrected chi connectivity index (χ1v) is 7.36. The van der Waals surface area contributed by atoms with Crippen molar-refractivity contribution >= 4 is 6.03 Å². The van der Waals surface area contributed by atoms with Crippen LogP contribution >= 0.6 is 0 Å². The van der Waals surface area contributed by atoms with Gasteiger partial charge in [0.05, 0.1) is 6.10 Å². The molecule has 0 bridgehead atoms. The summed E-state index contributed by atoms with van der Waals surface area (Å²) in [7, 11) is 0. The Hall–Kier alpha value is -0.770. The Morgan fingerprint density at radius 3 is 2.56 bits per heavy atom. The first kappa shape index (κ1) is 15.3. The van der Waals surface area contributed by atoms with Crippen molar-refractivity contribution in [1.82, 2.24) is 10.2 Å². The van der Waals surface area contributed by atoms with Crippen molar-refractivity contribution in [3.63, 3.8) is 0 Å². The van der Waals surface area contributed by atoms with Crippen molar-refractivity contribution in [2.24, 2.45) is 5.92 Å². The van der Waals surface area contributed by atoms with Gasteiger partial charge in [-0.3, -0.25) is 0 Å². The molecule has 4 heteroatoms. The molecule has 18 heavy (non-hydrogen) atoms. The highest BCUT2D eigenvalue weighted by molar-refractivity contribution is 5.74. The molecule has 0 radical (unpaired) electrons. The molecule has 0 aromatic rings. The Labute approximate surface area is 111 Å². The fourth-order valence-electron chi connectivity index (χ4n) is 2.44. The highest BCUT2D eigenvalue weighted by Crippen LogP contribution is 2.20. The zero-order valence-electron chi connectivity index (χ0n) is 11.8. The van der Waals surface area contributed by atoms with Crippen LogP contribution in [0.3, 0.4) is 0 Å². The van der Waals surface area contributed by atoms with Gasteiger partial charge in [-0.15, -0.1) is 0 Å². The number of unbranched alkanes of at least 4 members (excludes halogenated alkanes) is 3. The third-order valence-corrected chi connectivity index (χ3v) is 3.82. The van der Waals surface area contributed by atoms with E-state index in [0.29, 0.717) is 5.92 Å². The normalized spacial score (nSPS) is 18.7. The van der Waals surface area contributed by atoms with Crippen LogP contribution in [0.4, 0.5) is 4.79 Å². The average molecular weight is 256 g/mol. The minimum atomic E-state index is -0.246. The molecule has 0 spiro atoms. The lowest BCUT2D eigenvalue weighted by Gasteiger charge is -2.33. The predicted octanol–water partition coefficient (Wildman–Crippen LogP) is 2.37. The monoisotopic (exact) mass is 256 g/mol. The van der Waals surface area contributed by atoms with Crippen molar-refractivity contribution < 1.29 is 9.90 Å². The number of hydrogen-bond acceptors (Lipinski definition) is 2. The molecule has 1 atom stereocenters. The minimum Gasteiger partial charge on any atom is -0.393 e. The van der Waals surface area contributed by atoms with Crippen molar-refractivity contribution in [3.05, 3.63) is 0 Å². The SMILES string of the molecule is CCCCCCNC(=O)N1CCC(C(C)O)CC1. The maximum atomic E-state index is 11.9. The molecule has 0 aromatic heterocycles. The molecule has 0 aliphatic carbocycles. The summed E-state index contributed by atoms with van der Waals surface area (Å²) >= 11 is 0. The predicted molar refractivity (Wildman–Crippen MR) is 73.5 cm³/mol. The molecule has 0 saturated carbocycles. The molecule has 2 N–H and O–H groups in total. The third kappa shape index (κ3) is 5.25. The summed E-state index contributed by atoms with van der Waals surface area (Å²) in [6, 6.07) is 0.0653. The number of rotatable bonds is 6. The van der Waals surface area contributed by atoms with E-state index in [2.05, 4.69) is 12.2 Å². The van der Waals surface area contributed by atoms with Crippen LogP contribution in [-0.4, -0.2) is 41.8 Å². The highest BCUT2D eigenvalue weighted by Gasteiger charge is 2.24. The molecular weight excluding hydrogens is 228 g/mol. The first-order chi connectivity index (χ1) is 8.65. The second-order valence-electron chi connectivity index (χ2n) is 5.36. The van der Waals surface area contributed by atoms with Crippen LogP contribution in [0, 0.1) is 5.92 Å². The number of urea groups is 1. The van der Waals surface area contributed by atoms with Gasteiger partial charge in [0.15, 0.2) is 0 Å². The number of carbonyl (C=O) groups is 1. The Bertz CT molecular complexity index is 236. The molecule has 1 aliphatic heterocycles. The molecule has 1 fully saturated rings. The number of nitrogens with one attached hydrogen (secondary N) is 1. The first-order valence-electron chi connectivity index (χ1n) is 7.36. The van der Waals surface area contributed by atoms with Crippen LogP contribution in [-0.2, 0) is 0 Å². The second-order valence-corrected chi connectivity index (χ2v) is 5.36. The van der Waals surface area contributed by atoms with Crippen molar-refractivity contribution in [1.29, 1.82) is 0 Å². The molecule has 0 aromatic carbocycles. The molecule has 1 heterocycles. The highest BCUT2D eigenvalue weighted by atomic mass is 16.3. The summed E-state index contributed by atoms with van der Waals surface area (Å²) in [5, 5.41) is 12.5. The summed E-state index contributed by atoms with van der Waals surface area (Å²) in [5.41, 5.74) is 0. The van der Waals surface area contributed by atoms with Crippen molar-refractivity contribution in [2.45, 2.75) is 58.5 Å². The number of amides is 2. The van der Waals surface area contributed by atoms with E-state index in [-0.39, 0.29) is 12.1 Å². The Balaban J connectivity index is 2.12. The summed E-state index contributed by atoms with van der Waals surface area (Å²) in [6.45, 7) is 6.36. The van der Waals surface area contributed by atoms with Gasteiger partial charge in [0, 0.05) is 19.6 Å². The number of nitrogens with zero attached hydrogens (tertiary/aromatic N) is 1. The third-order valence-electron chi connectivity index (χ3n) is 3.82. The zero-order valence-corrected chi connectivity index (χ0v) is 11.8. The van der Waals surface area contributed by atoms with Gasteiger partial charge >= 0.3 is 6.03 Å². The fourth-order valence-corrected chi connectivity index (χ4v) is 2.44. The quantitative estimate of drug-likeness (QED) is 0.717. The van der Waals surface area contributed by atoms with Crippen molar-refractivity contribution in [2.75, 3.05) is 19.6 Å². The van der Waals surface area contributed by atoms with Crippen LogP contribution < -0.4 is 5.32 Å². The van der Waals surface area contributed by atoms with E-state index < -0.39 is 0 Å². The van der Waals surface area contributed by atoms with Gasteiger partial charge in [0.25, 0.3) is 0 Å². The number of aliphatic hydroxyl groups excluding tert-OH is 1. The van der Waals surface area contributed by atoms with Crippen LogP contribution in [0.1, 0.15) is 52.4 Å². The maximum absolute atomic E-state index is 11.9. The van der Waals surface area contributed by atoms with Gasteiger partial charge in [-0.05, 0) is 32.1 Å². The Kier molecular flexibility index (Phi) is 7.09. The Morgan fingerprint density at radius 1 is 1.33 bits per heavy atom. The standard InChI is InChI=1S/C14H28N2O2/c1-3-4-5-6-9-15-14(18)16-10-7-13(8-11-16)12(2)17/h12-13,17H,3-11H2,1-2H3,(H,15,18). The van der Waals surface area contributed by atoms with Crippen LogP contribution in [0.25, 0.3) is 0 Å². The molecular formula is C14H28N2O2. The summed E-state index contributed by atoms with van der Waals surface area (Å²) in [6.07, 6.45) is 6.33. The molecule has 2 amide bonds. The second kappa shape index (κ2) is 8.35. The fraction of sp³-hybridized carbons (Fsp3) is 0.929. The van der Waals surface area contributed by atoms with Crippen LogP contribution in [0.15, 0.2) is 0 Å². The summed E-state index contributed by atoms with van der Waals surface area (Å²) in [4.78, 5) is 13.7. The van der Waals surface area contributed by atoms with Gasteiger partial charge in [-0.1, -0.05) is 26.2 Å². The number of likely N-dealkylation sites (tertiary alicyclic amines) is 1. The maximum Gasteiger partial charge on any atom is 0.317 e. The van der Waals surface area contributed by atoms with Crippen molar-refractivity contribution in [3.8, 4) is 0 Å². The van der Waals surface area contributed by atoms with Gasteiger partial charge < -0.3 is 15.3 Å². The number of hydrogen-bond donors (Lipinski definition) is 2. The smallest absolute Gasteiger partial charge is 0.317 e. The molecule has 1 unspecified atom stereocenters. The zero-order chi connectivity index (χ0) is 13.4. The van der Waals surface area contributed by atoms with E-state index in [0.717, 1.165) is 38.9 Å². The van der Waals surface area contributed by atoms with Crippen LogP contribution in [0.2, 0.25) is 0 Å². The number of aliphatic hydroxyl groups is 1. The van der Waals surface area contributed by atoms with E-state index in [4.69, 9.17) is 0 Å². The van der Waals surface area contributed by atoms with E-state index in [1.54, 1.807) is 0 Å². The van der Waals surface area contributed by atoms with E-state index in [9.17, 15) is 9.90 Å².